The molecular formula is C10H11Br2NO3S. The first-order valence-electron chi connectivity index (χ1n) is 4.90. The van der Waals surface area contributed by atoms with Crippen molar-refractivity contribution in [1.82, 2.24) is 4.31 Å². The summed E-state index contributed by atoms with van der Waals surface area (Å²) >= 11 is 6.51. The van der Waals surface area contributed by atoms with E-state index in [1.54, 1.807) is 19.1 Å². The van der Waals surface area contributed by atoms with Crippen LogP contribution in [0.25, 0.3) is 0 Å². The lowest BCUT2D eigenvalue weighted by atomic mass is 10.0. The number of sulfonamides is 1. The van der Waals surface area contributed by atoms with Crippen LogP contribution < -0.4 is 0 Å². The first-order chi connectivity index (χ1) is 7.72. The molecule has 1 fully saturated rings. The molecule has 0 amide bonds. The molecule has 0 saturated carbocycles. The van der Waals surface area contributed by atoms with Crippen LogP contribution in [0.1, 0.15) is 6.92 Å². The van der Waals surface area contributed by atoms with Crippen molar-refractivity contribution in [2.24, 2.45) is 0 Å². The molecule has 1 aromatic carbocycles. The number of aliphatic hydroxyl groups is 1. The second-order valence-electron chi connectivity index (χ2n) is 4.34. The number of nitrogens with zero attached hydrogens (tertiary/aromatic N) is 1. The van der Waals surface area contributed by atoms with Gasteiger partial charge < -0.3 is 5.11 Å². The molecule has 4 nitrogen and oxygen atoms in total. The zero-order valence-corrected chi connectivity index (χ0v) is 13.0. The van der Waals surface area contributed by atoms with Gasteiger partial charge in [-0.2, -0.15) is 4.31 Å². The van der Waals surface area contributed by atoms with Gasteiger partial charge in [0, 0.05) is 22.0 Å². The molecule has 1 aliphatic rings. The smallest absolute Gasteiger partial charge is 0.244 e. The van der Waals surface area contributed by atoms with Crippen molar-refractivity contribution in [3.63, 3.8) is 0 Å². The number of benzene rings is 1. The Morgan fingerprint density at radius 3 is 2.41 bits per heavy atom. The number of hydrogen-bond donors (Lipinski definition) is 1. The Labute approximate surface area is 117 Å². The van der Waals surface area contributed by atoms with Gasteiger partial charge in [0.15, 0.2) is 0 Å². The van der Waals surface area contributed by atoms with Crippen molar-refractivity contribution in [2.45, 2.75) is 17.4 Å². The van der Waals surface area contributed by atoms with Crippen LogP contribution in [0.4, 0.5) is 0 Å². The summed E-state index contributed by atoms with van der Waals surface area (Å²) in [4.78, 5) is 0.219. The maximum Gasteiger partial charge on any atom is 0.244 e. The molecule has 17 heavy (non-hydrogen) atoms. The zero-order chi connectivity index (χ0) is 12.8. The standard InChI is InChI=1S/C10H11Br2NO3S/c1-10(14)5-13(6-10)17(15,16)9-3-2-7(11)4-8(9)12/h2-4,14H,5-6H2,1H3. The van der Waals surface area contributed by atoms with E-state index in [1.165, 1.54) is 10.4 Å². The van der Waals surface area contributed by atoms with Gasteiger partial charge in [0.1, 0.15) is 0 Å². The van der Waals surface area contributed by atoms with Crippen molar-refractivity contribution >= 4 is 41.9 Å². The highest BCUT2D eigenvalue weighted by Gasteiger charge is 2.44. The van der Waals surface area contributed by atoms with Crippen LogP contribution in [-0.4, -0.2) is 36.5 Å². The van der Waals surface area contributed by atoms with Gasteiger partial charge in [-0.15, -0.1) is 0 Å². The minimum Gasteiger partial charge on any atom is -0.387 e. The zero-order valence-electron chi connectivity index (χ0n) is 9.02. The molecule has 1 N–H and O–H groups in total. The molecule has 1 saturated heterocycles. The second kappa shape index (κ2) is 4.31. The van der Waals surface area contributed by atoms with E-state index in [0.717, 1.165) is 4.47 Å². The second-order valence-corrected chi connectivity index (χ2v) is 8.02. The molecule has 0 aromatic heterocycles. The van der Waals surface area contributed by atoms with Crippen LogP contribution in [0.5, 0.6) is 0 Å². The summed E-state index contributed by atoms with van der Waals surface area (Å²) in [5.74, 6) is 0. The van der Waals surface area contributed by atoms with Gasteiger partial charge in [0.25, 0.3) is 0 Å². The van der Waals surface area contributed by atoms with Gasteiger partial charge in [0.2, 0.25) is 10.0 Å². The van der Waals surface area contributed by atoms with E-state index in [0.29, 0.717) is 4.47 Å². The highest BCUT2D eigenvalue weighted by atomic mass is 79.9. The van der Waals surface area contributed by atoms with E-state index in [4.69, 9.17) is 0 Å². The SMILES string of the molecule is CC1(O)CN(S(=O)(=O)c2ccc(Br)cc2Br)C1. The van der Waals surface area contributed by atoms with Gasteiger partial charge in [-0.05, 0) is 41.1 Å². The Balaban J connectivity index is 2.34. The van der Waals surface area contributed by atoms with Crippen LogP contribution in [-0.2, 0) is 10.0 Å². The van der Waals surface area contributed by atoms with E-state index >= 15 is 0 Å². The van der Waals surface area contributed by atoms with E-state index in [-0.39, 0.29) is 18.0 Å². The first kappa shape index (κ1) is 13.5. The third-order valence-electron chi connectivity index (χ3n) is 2.55. The van der Waals surface area contributed by atoms with Gasteiger partial charge >= 0.3 is 0 Å². The molecule has 0 atom stereocenters. The highest BCUT2D eigenvalue weighted by molar-refractivity contribution is 9.11. The minimum atomic E-state index is -3.52. The third kappa shape index (κ3) is 2.58. The maximum atomic E-state index is 12.2. The molecule has 0 radical (unpaired) electrons. The third-order valence-corrected chi connectivity index (χ3v) is 5.81. The lowest BCUT2D eigenvalue weighted by molar-refractivity contribution is -0.0426. The molecule has 0 spiro atoms. The van der Waals surface area contributed by atoms with Gasteiger partial charge in [-0.3, -0.25) is 0 Å². The number of rotatable bonds is 2. The molecule has 2 rings (SSSR count). The molecule has 1 aliphatic heterocycles. The maximum absolute atomic E-state index is 12.2. The fraction of sp³-hybridized carbons (Fsp3) is 0.400. The Morgan fingerprint density at radius 2 is 1.94 bits per heavy atom. The number of halogens is 2. The fourth-order valence-electron chi connectivity index (χ4n) is 1.71. The monoisotopic (exact) mass is 383 g/mol. The first-order valence-corrected chi connectivity index (χ1v) is 7.93. The average Bonchev–Trinajstić information content (AvgIpc) is 2.13. The summed E-state index contributed by atoms with van der Waals surface area (Å²) in [6.45, 7) is 1.89. The molecule has 1 heterocycles. The van der Waals surface area contributed by atoms with Crippen LogP contribution in [0.2, 0.25) is 0 Å². The Bertz CT molecular complexity index is 549. The Kier molecular flexibility index (Phi) is 3.42. The van der Waals surface area contributed by atoms with Crippen molar-refractivity contribution < 1.29 is 13.5 Å². The number of β-amino-alcohol motifs (C(OH)–C–C–N with tert-alkyl or cyclic N) is 1. The Morgan fingerprint density at radius 1 is 1.35 bits per heavy atom. The molecule has 0 unspecified atom stereocenters. The van der Waals surface area contributed by atoms with Crippen molar-refractivity contribution in [3.05, 3.63) is 27.1 Å². The lowest BCUT2D eigenvalue weighted by Crippen LogP contribution is -2.61. The van der Waals surface area contributed by atoms with Crippen molar-refractivity contribution in [2.75, 3.05) is 13.1 Å². The van der Waals surface area contributed by atoms with Crippen molar-refractivity contribution in [1.29, 1.82) is 0 Å². The van der Waals surface area contributed by atoms with Gasteiger partial charge in [-0.1, -0.05) is 15.9 Å². The van der Waals surface area contributed by atoms with Gasteiger partial charge in [0.05, 0.1) is 10.5 Å². The number of hydrogen-bond acceptors (Lipinski definition) is 3. The largest absolute Gasteiger partial charge is 0.387 e. The van der Waals surface area contributed by atoms with E-state index in [1.807, 2.05) is 0 Å². The summed E-state index contributed by atoms with van der Waals surface area (Å²) in [5, 5.41) is 9.58. The molecular weight excluding hydrogens is 374 g/mol. The summed E-state index contributed by atoms with van der Waals surface area (Å²) in [5.41, 5.74) is -0.908. The van der Waals surface area contributed by atoms with Crippen LogP contribution >= 0.6 is 31.9 Å². The summed E-state index contributed by atoms with van der Waals surface area (Å²) in [6, 6.07) is 4.90. The molecule has 94 valence electrons. The predicted octanol–water partition coefficient (Wildman–Crippen LogP) is 1.97. The molecule has 1 aromatic rings. The summed E-state index contributed by atoms with van der Waals surface area (Å²) in [6.07, 6.45) is 0. The van der Waals surface area contributed by atoms with Crippen molar-refractivity contribution in [3.8, 4) is 0 Å². The minimum absolute atomic E-state index is 0.137. The molecule has 0 aliphatic carbocycles. The van der Waals surface area contributed by atoms with E-state index in [9.17, 15) is 13.5 Å². The fourth-order valence-corrected chi connectivity index (χ4v) is 5.09. The molecule has 0 bridgehead atoms. The van der Waals surface area contributed by atoms with E-state index in [2.05, 4.69) is 31.9 Å². The summed E-state index contributed by atoms with van der Waals surface area (Å²) < 4.78 is 27.0. The summed E-state index contributed by atoms with van der Waals surface area (Å²) in [7, 11) is -3.52. The van der Waals surface area contributed by atoms with Crippen LogP contribution in [0, 0.1) is 0 Å². The molecule has 7 heteroatoms. The van der Waals surface area contributed by atoms with Crippen LogP contribution in [0.15, 0.2) is 32.0 Å². The topological polar surface area (TPSA) is 57.6 Å². The van der Waals surface area contributed by atoms with Crippen LogP contribution in [0.3, 0.4) is 0 Å². The highest BCUT2D eigenvalue weighted by Crippen LogP contribution is 2.32. The lowest BCUT2D eigenvalue weighted by Gasteiger charge is -2.42. The van der Waals surface area contributed by atoms with E-state index < -0.39 is 15.6 Å². The average molecular weight is 385 g/mol. The predicted molar refractivity (Wildman–Crippen MR) is 71.2 cm³/mol. The Hall–Kier alpha value is 0.0500. The quantitative estimate of drug-likeness (QED) is 0.847. The van der Waals surface area contributed by atoms with Gasteiger partial charge in [-0.25, -0.2) is 8.42 Å². The normalized spacial score (nSPS) is 20.0.